The molecule has 1 aliphatic heterocycles. The average Bonchev–Trinajstić information content (AvgIpc) is 3.47. The lowest BCUT2D eigenvalue weighted by Gasteiger charge is -2.42. The molecule has 2 aromatic carbocycles. The molecule has 0 spiro atoms. The third-order valence-corrected chi connectivity index (χ3v) is 6.44. The van der Waals surface area contributed by atoms with Crippen LogP contribution in [0.4, 0.5) is 0 Å². The Morgan fingerprint density at radius 1 is 1.12 bits per heavy atom. The van der Waals surface area contributed by atoms with Crippen LogP contribution in [0, 0.1) is 0 Å². The molecule has 2 aromatic heterocycles. The maximum Gasteiger partial charge on any atom is 0.231 e. The summed E-state index contributed by atoms with van der Waals surface area (Å²) in [6.45, 7) is 3.29. The summed E-state index contributed by atoms with van der Waals surface area (Å²) in [5, 5.41) is 1.73. The van der Waals surface area contributed by atoms with E-state index in [2.05, 4.69) is 38.9 Å². The van der Waals surface area contributed by atoms with Crippen molar-refractivity contribution in [2.75, 3.05) is 6.54 Å². The maximum atomic E-state index is 13.0. The van der Waals surface area contributed by atoms with Gasteiger partial charge in [0.1, 0.15) is 5.82 Å². The van der Waals surface area contributed by atoms with Gasteiger partial charge >= 0.3 is 0 Å². The minimum absolute atomic E-state index is 0.0506. The number of carbonyl (C=O) groups excluding carboxylic acids is 1. The van der Waals surface area contributed by atoms with Gasteiger partial charge in [0.15, 0.2) is 5.11 Å². The Morgan fingerprint density at radius 3 is 2.72 bits per heavy atom. The molecule has 1 amide bonds. The minimum atomic E-state index is -0.241. The Bertz CT molecular complexity index is 1260. The Morgan fingerprint density at radius 2 is 1.91 bits per heavy atom. The van der Waals surface area contributed by atoms with Gasteiger partial charge < -0.3 is 14.9 Å². The van der Waals surface area contributed by atoms with Crippen LogP contribution < -0.4 is 0 Å². The summed E-state index contributed by atoms with van der Waals surface area (Å²) in [6.07, 6.45) is 5.06. The summed E-state index contributed by atoms with van der Waals surface area (Å²) in [4.78, 5) is 28.3. The van der Waals surface area contributed by atoms with Gasteiger partial charge in [-0.2, -0.15) is 0 Å². The van der Waals surface area contributed by atoms with E-state index in [1.54, 1.807) is 4.90 Å². The fourth-order valence-electron chi connectivity index (χ4n) is 4.36. The van der Waals surface area contributed by atoms with Crippen LogP contribution in [-0.2, 0) is 11.3 Å². The normalized spacial score (nSPS) is 16.8. The van der Waals surface area contributed by atoms with E-state index in [9.17, 15) is 4.79 Å². The summed E-state index contributed by atoms with van der Waals surface area (Å²) in [5.41, 5.74) is 4.23. The van der Waals surface area contributed by atoms with E-state index in [0.717, 1.165) is 40.0 Å². The number of rotatable bonds is 6. The molecule has 1 saturated heterocycles. The molecule has 1 atom stereocenters. The lowest BCUT2D eigenvalue weighted by atomic mass is 10.1. The molecule has 5 rings (SSSR count). The molecular weight excluding hydrogens is 418 g/mol. The van der Waals surface area contributed by atoms with Crippen molar-refractivity contribution in [2.24, 2.45) is 0 Å². The van der Waals surface area contributed by atoms with Crippen molar-refractivity contribution < 1.29 is 4.79 Å². The van der Waals surface area contributed by atoms with Crippen LogP contribution in [0.5, 0.6) is 0 Å². The minimum Gasteiger partial charge on any atom is -0.361 e. The van der Waals surface area contributed by atoms with Crippen molar-refractivity contribution in [1.29, 1.82) is 0 Å². The summed E-state index contributed by atoms with van der Waals surface area (Å²) < 4.78 is 0. The molecule has 1 fully saturated rings. The van der Waals surface area contributed by atoms with E-state index in [1.807, 2.05) is 54.9 Å². The van der Waals surface area contributed by atoms with Crippen molar-refractivity contribution in [1.82, 2.24) is 24.8 Å². The molecule has 0 unspecified atom stereocenters. The zero-order valence-electron chi connectivity index (χ0n) is 17.9. The van der Waals surface area contributed by atoms with Gasteiger partial charge in [-0.3, -0.25) is 9.69 Å². The van der Waals surface area contributed by atoms with E-state index in [4.69, 9.17) is 12.2 Å². The topological polar surface area (TPSA) is 68.0 Å². The van der Waals surface area contributed by atoms with Gasteiger partial charge in [0.05, 0.1) is 24.4 Å². The Balaban J connectivity index is 1.51. The van der Waals surface area contributed by atoms with E-state index in [0.29, 0.717) is 24.6 Å². The molecule has 2 N–H and O–H groups in total. The summed E-state index contributed by atoms with van der Waals surface area (Å²) in [5.74, 6) is 0.810. The zero-order chi connectivity index (χ0) is 22.1. The van der Waals surface area contributed by atoms with Crippen molar-refractivity contribution in [2.45, 2.75) is 32.4 Å². The second kappa shape index (κ2) is 8.59. The van der Waals surface area contributed by atoms with Gasteiger partial charge in [-0.05, 0) is 35.8 Å². The number of hydrogen-bond donors (Lipinski definition) is 2. The molecule has 162 valence electrons. The predicted octanol–water partition coefficient (Wildman–Crippen LogP) is 5.03. The SMILES string of the molecule is CCCN1C(=O)C[C@@H](c2ncc(-c3ccccc3)[nH]2)N(Cc2c[nH]c3ccccc23)C1=S. The number of nitrogens with one attached hydrogen (secondary N) is 2. The smallest absolute Gasteiger partial charge is 0.231 e. The first kappa shape index (κ1) is 20.5. The Hall–Kier alpha value is -3.45. The number of imidazole rings is 1. The van der Waals surface area contributed by atoms with Crippen LogP contribution >= 0.6 is 12.2 Å². The number of aromatic amines is 2. The highest BCUT2D eigenvalue weighted by atomic mass is 32.1. The number of carbonyl (C=O) groups is 1. The van der Waals surface area contributed by atoms with Crippen molar-refractivity contribution >= 4 is 34.1 Å². The molecule has 0 aliphatic carbocycles. The standard InChI is InChI=1S/C25H25N5OS/c1-2-12-29-23(31)13-22(24-27-15-21(28-24)17-8-4-3-5-9-17)30(25(29)32)16-18-14-26-20-11-7-6-10-19(18)20/h3-11,14-15,22,26H,2,12-13,16H2,1H3,(H,27,28)/t22-/m0/s1. The third-order valence-electron chi connectivity index (χ3n) is 5.98. The largest absolute Gasteiger partial charge is 0.361 e. The second-order valence-corrected chi connectivity index (χ2v) is 8.45. The monoisotopic (exact) mass is 443 g/mol. The first-order valence-electron chi connectivity index (χ1n) is 10.9. The first-order chi connectivity index (χ1) is 15.7. The zero-order valence-corrected chi connectivity index (χ0v) is 18.7. The summed E-state index contributed by atoms with van der Waals surface area (Å²) in [7, 11) is 0. The second-order valence-electron chi connectivity index (χ2n) is 8.08. The number of hydrogen-bond acceptors (Lipinski definition) is 3. The highest BCUT2D eigenvalue weighted by Gasteiger charge is 2.38. The lowest BCUT2D eigenvalue weighted by Crippen LogP contribution is -2.53. The van der Waals surface area contributed by atoms with Crippen LogP contribution in [0.15, 0.2) is 67.0 Å². The lowest BCUT2D eigenvalue weighted by molar-refractivity contribution is -0.131. The van der Waals surface area contributed by atoms with Crippen LogP contribution in [0.25, 0.3) is 22.2 Å². The summed E-state index contributed by atoms with van der Waals surface area (Å²) in [6, 6.07) is 18.1. The van der Waals surface area contributed by atoms with E-state index in [-0.39, 0.29) is 11.9 Å². The van der Waals surface area contributed by atoms with Crippen LogP contribution in [0.1, 0.15) is 37.2 Å². The summed E-state index contributed by atoms with van der Waals surface area (Å²) >= 11 is 5.84. The molecular formula is C25H25N5OS. The number of aromatic nitrogens is 3. The molecule has 0 bridgehead atoms. The quantitative estimate of drug-likeness (QED) is 0.410. The predicted molar refractivity (Wildman–Crippen MR) is 130 cm³/mol. The fourth-order valence-corrected chi connectivity index (χ4v) is 4.75. The van der Waals surface area contributed by atoms with Gasteiger partial charge in [-0.1, -0.05) is 55.5 Å². The number of nitrogens with zero attached hydrogens (tertiary/aromatic N) is 3. The van der Waals surface area contributed by atoms with Crippen molar-refractivity contribution in [3.8, 4) is 11.3 Å². The molecule has 4 aromatic rings. The molecule has 7 heteroatoms. The van der Waals surface area contributed by atoms with Crippen LogP contribution in [0.2, 0.25) is 0 Å². The maximum absolute atomic E-state index is 13.0. The molecule has 6 nitrogen and oxygen atoms in total. The van der Waals surface area contributed by atoms with Gasteiger partial charge in [-0.25, -0.2) is 4.98 Å². The molecule has 3 heterocycles. The molecule has 1 aliphatic rings. The van der Waals surface area contributed by atoms with Gasteiger partial charge in [0.2, 0.25) is 5.91 Å². The van der Waals surface area contributed by atoms with Gasteiger partial charge in [0, 0.05) is 30.2 Å². The van der Waals surface area contributed by atoms with E-state index in [1.165, 1.54) is 0 Å². The number of thiocarbonyl (C=S) groups is 1. The highest BCUT2D eigenvalue weighted by molar-refractivity contribution is 7.80. The number of H-pyrrole nitrogens is 2. The Labute approximate surface area is 192 Å². The average molecular weight is 444 g/mol. The van der Waals surface area contributed by atoms with Gasteiger partial charge in [0.25, 0.3) is 0 Å². The number of benzene rings is 2. The van der Waals surface area contributed by atoms with Crippen molar-refractivity contribution in [3.05, 3.63) is 78.4 Å². The third kappa shape index (κ3) is 3.69. The van der Waals surface area contributed by atoms with Crippen molar-refractivity contribution in [3.63, 3.8) is 0 Å². The van der Waals surface area contributed by atoms with Gasteiger partial charge in [-0.15, -0.1) is 0 Å². The first-order valence-corrected chi connectivity index (χ1v) is 11.3. The Kier molecular flexibility index (Phi) is 5.49. The fraction of sp³-hybridized carbons (Fsp3) is 0.240. The molecule has 0 radical (unpaired) electrons. The molecule has 0 saturated carbocycles. The van der Waals surface area contributed by atoms with Crippen LogP contribution in [0.3, 0.4) is 0 Å². The van der Waals surface area contributed by atoms with E-state index < -0.39 is 0 Å². The van der Waals surface area contributed by atoms with Crippen LogP contribution in [-0.4, -0.2) is 42.3 Å². The number of amides is 1. The number of para-hydroxylation sites is 1. The number of fused-ring (bicyclic) bond motifs is 1. The van der Waals surface area contributed by atoms with E-state index >= 15 is 0 Å². The highest BCUT2D eigenvalue weighted by Crippen LogP contribution is 2.33. The molecule has 32 heavy (non-hydrogen) atoms.